The summed E-state index contributed by atoms with van der Waals surface area (Å²) >= 11 is 0. The normalized spacial score (nSPS) is 7.67. The molecule has 2 N–H and O–H groups in total. The lowest BCUT2D eigenvalue weighted by Gasteiger charge is -2.02. The van der Waals surface area contributed by atoms with E-state index in [9.17, 15) is 9.59 Å². The van der Waals surface area contributed by atoms with Crippen molar-refractivity contribution >= 4 is 12.0 Å². The predicted molar refractivity (Wildman–Crippen MR) is 45.6 cm³/mol. The number of ether oxygens (including phenoxy) is 1. The highest BCUT2D eigenvalue weighted by molar-refractivity contribution is 5.72. The Morgan fingerprint density at radius 1 is 1.42 bits per heavy atom. The van der Waals surface area contributed by atoms with Gasteiger partial charge < -0.3 is 15.4 Å². The Kier molecular flexibility index (Phi) is 8.72. The minimum atomic E-state index is -0.711. The molecule has 5 nitrogen and oxygen atoms in total. The van der Waals surface area contributed by atoms with Gasteiger partial charge in [0.1, 0.15) is 0 Å². The van der Waals surface area contributed by atoms with Gasteiger partial charge in [0, 0.05) is 21.0 Å². The summed E-state index contributed by atoms with van der Waals surface area (Å²) in [5.41, 5.74) is 4.54. The van der Waals surface area contributed by atoms with E-state index in [-0.39, 0.29) is 5.91 Å². The molecule has 0 aromatic carbocycles. The van der Waals surface area contributed by atoms with Crippen molar-refractivity contribution in [3.8, 4) is 0 Å². The number of primary amides is 1. The van der Waals surface area contributed by atoms with Gasteiger partial charge in [-0.3, -0.25) is 4.79 Å². The molecule has 0 aliphatic rings. The van der Waals surface area contributed by atoms with Crippen LogP contribution < -0.4 is 5.73 Å². The van der Waals surface area contributed by atoms with Gasteiger partial charge in [-0.1, -0.05) is 0 Å². The zero-order valence-electron chi connectivity index (χ0n) is 7.96. The second-order valence-electron chi connectivity index (χ2n) is 2.17. The molecule has 0 saturated heterocycles. The van der Waals surface area contributed by atoms with Crippen LogP contribution in [-0.4, -0.2) is 37.6 Å². The molecule has 0 heterocycles. The van der Waals surface area contributed by atoms with Gasteiger partial charge >= 0.3 is 6.09 Å². The molecule has 0 unspecified atom stereocenters. The van der Waals surface area contributed by atoms with E-state index in [1.54, 1.807) is 21.0 Å². The molecule has 0 aromatic heterocycles. The lowest BCUT2D eigenvalue weighted by molar-refractivity contribution is -0.126. The van der Waals surface area contributed by atoms with Gasteiger partial charge in [0.25, 0.3) is 0 Å². The molecule has 5 heteroatoms. The highest BCUT2D eigenvalue weighted by atomic mass is 16.5. The Labute approximate surface area is 72.5 Å². The molecule has 0 fully saturated rings. The first-order valence-corrected chi connectivity index (χ1v) is 3.51. The van der Waals surface area contributed by atoms with Gasteiger partial charge in [0.15, 0.2) is 0 Å². The van der Waals surface area contributed by atoms with E-state index in [2.05, 4.69) is 10.5 Å². The van der Waals surface area contributed by atoms with Gasteiger partial charge in [-0.2, -0.15) is 0 Å². The van der Waals surface area contributed by atoms with Crippen LogP contribution in [0.1, 0.15) is 13.8 Å². The van der Waals surface area contributed by atoms with Crippen LogP contribution in [0.3, 0.4) is 0 Å². The SMILES string of the molecule is CC(=O)N(C)C.CCOC(N)=O. The van der Waals surface area contributed by atoms with Gasteiger partial charge in [0.2, 0.25) is 5.91 Å². The second kappa shape index (κ2) is 7.84. The molecular weight excluding hydrogens is 160 g/mol. The monoisotopic (exact) mass is 176 g/mol. The molecule has 0 atom stereocenters. The Balaban J connectivity index is 0. The van der Waals surface area contributed by atoms with E-state index >= 15 is 0 Å². The van der Waals surface area contributed by atoms with E-state index < -0.39 is 6.09 Å². The molecule has 0 bridgehead atoms. The van der Waals surface area contributed by atoms with Crippen molar-refractivity contribution in [1.29, 1.82) is 0 Å². The van der Waals surface area contributed by atoms with Crippen molar-refractivity contribution in [2.45, 2.75) is 13.8 Å². The zero-order chi connectivity index (χ0) is 10.1. The van der Waals surface area contributed by atoms with Crippen molar-refractivity contribution in [1.82, 2.24) is 4.90 Å². The standard InChI is InChI=1S/C4H9NO.C3H7NO2/c1-4(6)5(2)3;1-2-6-3(4)5/h1-3H3;2H2,1H3,(H2,4,5). The highest BCUT2D eigenvalue weighted by Gasteiger charge is 1.87. The largest absolute Gasteiger partial charge is 0.450 e. The number of amides is 2. The van der Waals surface area contributed by atoms with Crippen LogP contribution in [0.2, 0.25) is 0 Å². The summed E-state index contributed by atoms with van der Waals surface area (Å²) < 4.78 is 4.18. The van der Waals surface area contributed by atoms with Crippen LogP contribution in [-0.2, 0) is 9.53 Å². The van der Waals surface area contributed by atoms with Gasteiger partial charge in [-0.05, 0) is 6.92 Å². The lowest BCUT2D eigenvalue weighted by atomic mass is 10.7. The second-order valence-corrected chi connectivity index (χ2v) is 2.17. The summed E-state index contributed by atoms with van der Waals surface area (Å²) in [7, 11) is 3.45. The van der Waals surface area contributed by atoms with E-state index in [0.717, 1.165) is 0 Å². The number of nitrogens with two attached hydrogens (primary N) is 1. The Morgan fingerprint density at radius 3 is 1.75 bits per heavy atom. The molecule has 12 heavy (non-hydrogen) atoms. The van der Waals surface area contributed by atoms with Crippen LogP contribution in [0.25, 0.3) is 0 Å². The van der Waals surface area contributed by atoms with Crippen LogP contribution in [0.5, 0.6) is 0 Å². The minimum Gasteiger partial charge on any atom is -0.450 e. The van der Waals surface area contributed by atoms with Crippen LogP contribution in [0.15, 0.2) is 0 Å². The number of hydrogen-bond donors (Lipinski definition) is 1. The summed E-state index contributed by atoms with van der Waals surface area (Å²) in [6.45, 7) is 3.58. The minimum absolute atomic E-state index is 0.0926. The van der Waals surface area contributed by atoms with Crippen molar-refractivity contribution in [2.24, 2.45) is 5.73 Å². The number of nitrogens with zero attached hydrogens (tertiary/aromatic N) is 1. The quantitative estimate of drug-likeness (QED) is 0.620. The molecular formula is C7H16N2O3. The maximum atomic E-state index is 10.1. The molecule has 0 aliphatic heterocycles. The van der Waals surface area contributed by atoms with Gasteiger partial charge in [0.05, 0.1) is 6.61 Å². The fourth-order valence-electron chi connectivity index (χ4n) is 0.142. The molecule has 0 rings (SSSR count). The maximum Gasteiger partial charge on any atom is 0.404 e. The number of carbonyl (C=O) groups is 2. The molecule has 0 radical (unpaired) electrons. The molecule has 0 aliphatic carbocycles. The van der Waals surface area contributed by atoms with Crippen LogP contribution >= 0.6 is 0 Å². The first kappa shape index (κ1) is 13.3. The Bertz CT molecular complexity index is 146. The van der Waals surface area contributed by atoms with Gasteiger partial charge in [-0.25, -0.2) is 4.79 Å². The summed E-state index contributed by atoms with van der Waals surface area (Å²) in [5, 5.41) is 0. The molecule has 0 saturated carbocycles. The number of carbonyl (C=O) groups excluding carboxylic acids is 2. The first-order chi connectivity index (χ1) is 5.41. The van der Waals surface area contributed by atoms with Crippen molar-refractivity contribution in [2.75, 3.05) is 20.7 Å². The highest BCUT2D eigenvalue weighted by Crippen LogP contribution is 1.69. The van der Waals surface area contributed by atoms with Gasteiger partial charge in [-0.15, -0.1) is 0 Å². The third kappa shape index (κ3) is 15.9. The zero-order valence-corrected chi connectivity index (χ0v) is 7.96. The van der Waals surface area contributed by atoms with Crippen LogP contribution in [0, 0.1) is 0 Å². The summed E-state index contributed by atoms with van der Waals surface area (Å²) in [6.07, 6.45) is -0.711. The average Bonchev–Trinajstić information content (AvgIpc) is 1.87. The summed E-state index contributed by atoms with van der Waals surface area (Å²) in [6, 6.07) is 0. The molecule has 72 valence electrons. The Morgan fingerprint density at radius 2 is 1.75 bits per heavy atom. The topological polar surface area (TPSA) is 72.6 Å². The van der Waals surface area contributed by atoms with Crippen molar-refractivity contribution in [3.05, 3.63) is 0 Å². The van der Waals surface area contributed by atoms with Crippen molar-refractivity contribution in [3.63, 3.8) is 0 Å². The maximum absolute atomic E-state index is 10.1. The van der Waals surface area contributed by atoms with Crippen LogP contribution in [0.4, 0.5) is 4.79 Å². The fraction of sp³-hybridized carbons (Fsp3) is 0.714. The summed E-state index contributed by atoms with van der Waals surface area (Å²) in [4.78, 5) is 21.2. The van der Waals surface area contributed by atoms with E-state index in [4.69, 9.17) is 0 Å². The number of rotatable bonds is 1. The summed E-state index contributed by atoms with van der Waals surface area (Å²) in [5.74, 6) is 0.0926. The Hall–Kier alpha value is -1.26. The first-order valence-electron chi connectivity index (χ1n) is 3.51. The lowest BCUT2D eigenvalue weighted by Crippen LogP contribution is -2.17. The number of hydrogen-bond acceptors (Lipinski definition) is 3. The molecule has 0 spiro atoms. The smallest absolute Gasteiger partial charge is 0.404 e. The van der Waals surface area contributed by atoms with E-state index in [1.807, 2.05) is 0 Å². The average molecular weight is 176 g/mol. The van der Waals surface area contributed by atoms with E-state index in [0.29, 0.717) is 6.61 Å². The fourth-order valence-corrected chi connectivity index (χ4v) is 0.142. The van der Waals surface area contributed by atoms with Crippen molar-refractivity contribution < 1.29 is 14.3 Å². The predicted octanol–water partition coefficient (Wildman–Crippen LogP) is 0.196. The third-order valence-electron chi connectivity index (χ3n) is 0.916. The molecule has 0 aromatic rings. The third-order valence-corrected chi connectivity index (χ3v) is 0.916. The molecule has 2 amide bonds. The van der Waals surface area contributed by atoms with E-state index in [1.165, 1.54) is 11.8 Å².